The molecule has 1 N–H and O–H groups in total. The Morgan fingerprint density at radius 1 is 1.29 bits per heavy atom. The minimum atomic E-state index is 0.255. The molecular formula is C20H29N3O. The van der Waals surface area contributed by atoms with Crippen molar-refractivity contribution in [3.63, 3.8) is 0 Å². The standard InChI is InChI=1S/C20H29N3O/c1-4-9-16(2)14-20(24)23(3)13-8-12-18-15-19(22-21-18)17-10-6-5-7-11-17/h5-7,10-11,15-16H,4,8-9,12-14H2,1-3H3,(H,21,22). The number of H-pyrrole nitrogens is 1. The van der Waals surface area contributed by atoms with Crippen LogP contribution < -0.4 is 0 Å². The highest BCUT2D eigenvalue weighted by Gasteiger charge is 2.13. The number of rotatable bonds is 9. The van der Waals surface area contributed by atoms with Crippen LogP contribution in [0, 0.1) is 5.92 Å². The fourth-order valence-electron chi connectivity index (χ4n) is 2.93. The van der Waals surface area contributed by atoms with Gasteiger partial charge in [0.25, 0.3) is 0 Å². The number of aromatic nitrogens is 2. The van der Waals surface area contributed by atoms with Gasteiger partial charge in [0.1, 0.15) is 0 Å². The highest BCUT2D eigenvalue weighted by Crippen LogP contribution is 2.17. The van der Waals surface area contributed by atoms with E-state index < -0.39 is 0 Å². The maximum atomic E-state index is 12.2. The summed E-state index contributed by atoms with van der Waals surface area (Å²) in [6.45, 7) is 5.11. The van der Waals surface area contributed by atoms with Gasteiger partial charge in [0, 0.05) is 31.3 Å². The van der Waals surface area contributed by atoms with Gasteiger partial charge in [0.2, 0.25) is 5.91 Å². The lowest BCUT2D eigenvalue weighted by Gasteiger charge is -2.19. The zero-order chi connectivity index (χ0) is 17.4. The number of hydrogen-bond acceptors (Lipinski definition) is 2. The molecule has 4 nitrogen and oxygen atoms in total. The van der Waals surface area contributed by atoms with Gasteiger partial charge < -0.3 is 4.90 Å². The Morgan fingerprint density at radius 3 is 2.75 bits per heavy atom. The summed E-state index contributed by atoms with van der Waals surface area (Å²) in [4.78, 5) is 14.0. The Labute approximate surface area is 145 Å². The summed E-state index contributed by atoms with van der Waals surface area (Å²) in [5.74, 6) is 0.733. The number of benzene rings is 1. The summed E-state index contributed by atoms with van der Waals surface area (Å²) in [5.41, 5.74) is 3.22. The summed E-state index contributed by atoms with van der Waals surface area (Å²) in [5, 5.41) is 7.48. The normalized spacial score (nSPS) is 12.1. The molecule has 0 radical (unpaired) electrons. The first kappa shape index (κ1) is 18.2. The van der Waals surface area contributed by atoms with E-state index in [9.17, 15) is 4.79 Å². The van der Waals surface area contributed by atoms with Gasteiger partial charge in [-0.1, -0.05) is 57.0 Å². The van der Waals surface area contributed by atoms with Gasteiger partial charge in [-0.15, -0.1) is 0 Å². The van der Waals surface area contributed by atoms with Crippen LogP contribution in [0.1, 0.15) is 45.2 Å². The van der Waals surface area contributed by atoms with Crippen LogP contribution in [0.2, 0.25) is 0 Å². The van der Waals surface area contributed by atoms with E-state index in [0.717, 1.165) is 49.2 Å². The molecule has 24 heavy (non-hydrogen) atoms. The van der Waals surface area contributed by atoms with Crippen molar-refractivity contribution in [3.8, 4) is 11.3 Å². The SMILES string of the molecule is CCCC(C)CC(=O)N(C)CCCc1cc(-c2ccccc2)n[nH]1. The number of hydrogen-bond donors (Lipinski definition) is 1. The lowest BCUT2D eigenvalue weighted by Crippen LogP contribution is -2.29. The average Bonchev–Trinajstić information content (AvgIpc) is 3.04. The Bertz CT molecular complexity index is 621. The zero-order valence-corrected chi connectivity index (χ0v) is 15.1. The van der Waals surface area contributed by atoms with Crippen LogP contribution >= 0.6 is 0 Å². The van der Waals surface area contributed by atoms with Crippen LogP contribution in [0.5, 0.6) is 0 Å². The van der Waals surface area contributed by atoms with E-state index in [1.807, 2.05) is 30.1 Å². The average molecular weight is 327 g/mol. The maximum absolute atomic E-state index is 12.2. The lowest BCUT2D eigenvalue weighted by atomic mass is 10.0. The van der Waals surface area contributed by atoms with Crippen LogP contribution in [0.15, 0.2) is 36.4 Å². The van der Waals surface area contributed by atoms with Crippen LogP contribution in [-0.2, 0) is 11.2 Å². The van der Waals surface area contributed by atoms with E-state index in [2.05, 4.69) is 42.2 Å². The number of nitrogens with zero attached hydrogens (tertiary/aromatic N) is 2. The van der Waals surface area contributed by atoms with Crippen molar-refractivity contribution in [2.24, 2.45) is 5.92 Å². The van der Waals surface area contributed by atoms with Crippen molar-refractivity contribution in [2.45, 2.75) is 46.0 Å². The molecule has 1 atom stereocenters. The van der Waals surface area contributed by atoms with Gasteiger partial charge in [-0.25, -0.2) is 0 Å². The summed E-state index contributed by atoms with van der Waals surface area (Å²) >= 11 is 0. The highest BCUT2D eigenvalue weighted by molar-refractivity contribution is 5.76. The van der Waals surface area contributed by atoms with Crippen molar-refractivity contribution >= 4 is 5.91 Å². The number of carbonyl (C=O) groups excluding carboxylic acids is 1. The Hall–Kier alpha value is -2.10. The molecule has 0 spiro atoms. The topological polar surface area (TPSA) is 49.0 Å². The Morgan fingerprint density at radius 2 is 2.04 bits per heavy atom. The van der Waals surface area contributed by atoms with E-state index in [1.165, 1.54) is 0 Å². The summed E-state index contributed by atoms with van der Waals surface area (Å²) < 4.78 is 0. The smallest absolute Gasteiger partial charge is 0.222 e. The minimum Gasteiger partial charge on any atom is -0.346 e. The van der Waals surface area contributed by atoms with Crippen molar-refractivity contribution in [3.05, 3.63) is 42.1 Å². The molecule has 0 aliphatic rings. The first-order valence-electron chi connectivity index (χ1n) is 8.93. The third-order valence-electron chi connectivity index (χ3n) is 4.37. The van der Waals surface area contributed by atoms with E-state index >= 15 is 0 Å². The number of aromatic amines is 1. The number of amides is 1. The van der Waals surface area contributed by atoms with Gasteiger partial charge in [-0.2, -0.15) is 5.10 Å². The van der Waals surface area contributed by atoms with E-state index in [-0.39, 0.29) is 5.91 Å². The molecule has 1 amide bonds. The molecule has 1 aromatic heterocycles. The molecule has 2 rings (SSSR count). The molecule has 1 unspecified atom stereocenters. The van der Waals surface area contributed by atoms with E-state index in [0.29, 0.717) is 12.3 Å². The fraction of sp³-hybridized carbons (Fsp3) is 0.500. The molecule has 0 saturated carbocycles. The van der Waals surface area contributed by atoms with Crippen molar-refractivity contribution in [2.75, 3.05) is 13.6 Å². The Balaban J connectivity index is 1.76. The van der Waals surface area contributed by atoms with Gasteiger partial charge in [-0.3, -0.25) is 9.89 Å². The monoisotopic (exact) mass is 327 g/mol. The molecule has 0 aliphatic heterocycles. The predicted octanol–water partition coefficient (Wildman–Crippen LogP) is 4.29. The number of aryl methyl sites for hydroxylation is 1. The van der Waals surface area contributed by atoms with Crippen LogP contribution in [-0.4, -0.2) is 34.6 Å². The Kier molecular flexibility index (Phi) is 7.04. The van der Waals surface area contributed by atoms with Gasteiger partial charge in [-0.05, 0) is 24.8 Å². The second kappa shape index (κ2) is 9.26. The molecule has 1 heterocycles. The molecule has 2 aromatic rings. The second-order valence-corrected chi connectivity index (χ2v) is 6.66. The first-order chi connectivity index (χ1) is 11.6. The molecule has 1 aromatic carbocycles. The third kappa shape index (κ3) is 5.52. The molecule has 4 heteroatoms. The molecule has 0 aliphatic carbocycles. The lowest BCUT2D eigenvalue weighted by molar-refractivity contribution is -0.130. The minimum absolute atomic E-state index is 0.255. The van der Waals surface area contributed by atoms with E-state index in [4.69, 9.17) is 0 Å². The summed E-state index contributed by atoms with van der Waals surface area (Å²) in [6.07, 6.45) is 4.77. The van der Waals surface area contributed by atoms with Crippen LogP contribution in [0.25, 0.3) is 11.3 Å². The van der Waals surface area contributed by atoms with Gasteiger partial charge in [0.05, 0.1) is 5.69 Å². The molecule has 0 fully saturated rings. The first-order valence-corrected chi connectivity index (χ1v) is 8.93. The number of carbonyl (C=O) groups is 1. The van der Waals surface area contributed by atoms with Crippen LogP contribution in [0.4, 0.5) is 0 Å². The van der Waals surface area contributed by atoms with Gasteiger partial charge >= 0.3 is 0 Å². The largest absolute Gasteiger partial charge is 0.346 e. The molecular weight excluding hydrogens is 298 g/mol. The quantitative estimate of drug-likeness (QED) is 0.747. The summed E-state index contributed by atoms with van der Waals surface area (Å²) in [6, 6.07) is 12.3. The van der Waals surface area contributed by atoms with Crippen molar-refractivity contribution in [1.29, 1.82) is 0 Å². The van der Waals surface area contributed by atoms with Crippen molar-refractivity contribution in [1.82, 2.24) is 15.1 Å². The fourth-order valence-corrected chi connectivity index (χ4v) is 2.93. The predicted molar refractivity (Wildman–Crippen MR) is 98.7 cm³/mol. The van der Waals surface area contributed by atoms with Crippen molar-refractivity contribution < 1.29 is 4.79 Å². The van der Waals surface area contributed by atoms with E-state index in [1.54, 1.807) is 0 Å². The number of nitrogens with one attached hydrogen (secondary N) is 1. The van der Waals surface area contributed by atoms with Crippen LogP contribution in [0.3, 0.4) is 0 Å². The molecule has 0 bridgehead atoms. The third-order valence-corrected chi connectivity index (χ3v) is 4.37. The molecule has 0 saturated heterocycles. The van der Waals surface area contributed by atoms with Gasteiger partial charge in [0.15, 0.2) is 0 Å². The summed E-state index contributed by atoms with van der Waals surface area (Å²) in [7, 11) is 1.91. The maximum Gasteiger partial charge on any atom is 0.222 e. The zero-order valence-electron chi connectivity index (χ0n) is 15.1. The molecule has 130 valence electrons. The second-order valence-electron chi connectivity index (χ2n) is 6.66. The highest BCUT2D eigenvalue weighted by atomic mass is 16.2.